The average Bonchev–Trinajstić information content (AvgIpc) is 2.70. The Bertz CT molecular complexity index is 1040. The predicted molar refractivity (Wildman–Crippen MR) is 112 cm³/mol. The first kappa shape index (κ1) is 23.8. The molecule has 0 aliphatic heterocycles. The van der Waals surface area contributed by atoms with Crippen molar-refractivity contribution in [3.05, 3.63) is 53.1 Å². The van der Waals surface area contributed by atoms with E-state index in [4.69, 9.17) is 5.26 Å². The number of aromatic hydroxyl groups is 1. The normalized spacial score (nSPS) is 11.5. The summed E-state index contributed by atoms with van der Waals surface area (Å²) in [6.45, 7) is 6.09. The predicted octanol–water partition coefficient (Wildman–Crippen LogP) is 2.41. The number of nitrogens with zero attached hydrogens (tertiary/aromatic N) is 2. The number of nitrogens with one attached hydrogen (secondary N) is 2. The zero-order chi connectivity index (χ0) is 23.4. The minimum absolute atomic E-state index is 0.000498. The van der Waals surface area contributed by atoms with Crippen molar-refractivity contribution in [3.8, 4) is 11.8 Å². The molecule has 9 heteroatoms. The van der Waals surface area contributed by atoms with Gasteiger partial charge in [0.15, 0.2) is 0 Å². The summed E-state index contributed by atoms with van der Waals surface area (Å²) in [7, 11) is 0. The molecule has 0 bridgehead atoms. The SMILES string of the molecule is CC(C)(C#N)NC(=O)c1cc(NC(=O)Cc2cc(O)c(C(C)(C)CO)cc2F)ccn1. The maximum Gasteiger partial charge on any atom is 0.271 e. The first-order valence-electron chi connectivity index (χ1n) is 9.51. The molecule has 0 fully saturated rings. The summed E-state index contributed by atoms with van der Waals surface area (Å²) in [6, 6.07) is 7.02. The number of hydrogen-bond donors (Lipinski definition) is 4. The minimum Gasteiger partial charge on any atom is -0.508 e. The summed E-state index contributed by atoms with van der Waals surface area (Å²) in [5.74, 6) is -2.05. The zero-order valence-corrected chi connectivity index (χ0v) is 17.8. The van der Waals surface area contributed by atoms with E-state index >= 15 is 0 Å². The summed E-state index contributed by atoms with van der Waals surface area (Å²) in [5.41, 5.74) is -1.45. The second-order valence-electron chi connectivity index (χ2n) is 8.35. The van der Waals surface area contributed by atoms with Gasteiger partial charge in [0, 0.05) is 28.4 Å². The van der Waals surface area contributed by atoms with Gasteiger partial charge < -0.3 is 20.8 Å². The number of aromatic nitrogens is 1. The molecule has 2 aromatic rings. The Morgan fingerprint density at radius 2 is 1.90 bits per heavy atom. The lowest BCUT2D eigenvalue weighted by Crippen LogP contribution is -2.42. The van der Waals surface area contributed by atoms with Gasteiger partial charge in [-0.1, -0.05) is 13.8 Å². The van der Waals surface area contributed by atoms with E-state index in [1.54, 1.807) is 13.8 Å². The molecule has 2 amide bonds. The van der Waals surface area contributed by atoms with Crippen LogP contribution >= 0.6 is 0 Å². The molecule has 2 rings (SSSR count). The lowest BCUT2D eigenvalue weighted by Gasteiger charge is -2.24. The molecule has 1 heterocycles. The molecule has 0 unspecified atom stereocenters. The average molecular weight is 428 g/mol. The van der Waals surface area contributed by atoms with Gasteiger partial charge in [-0.2, -0.15) is 5.26 Å². The summed E-state index contributed by atoms with van der Waals surface area (Å²) in [5, 5.41) is 33.7. The van der Waals surface area contributed by atoms with Crippen molar-refractivity contribution in [1.82, 2.24) is 10.3 Å². The summed E-state index contributed by atoms with van der Waals surface area (Å²) >= 11 is 0. The van der Waals surface area contributed by atoms with Crippen molar-refractivity contribution >= 4 is 17.5 Å². The van der Waals surface area contributed by atoms with Crippen LogP contribution in [0.3, 0.4) is 0 Å². The Morgan fingerprint density at radius 1 is 1.23 bits per heavy atom. The van der Waals surface area contributed by atoms with Gasteiger partial charge in [0.05, 0.1) is 19.1 Å². The van der Waals surface area contributed by atoms with Crippen LogP contribution in [0.15, 0.2) is 30.5 Å². The second-order valence-corrected chi connectivity index (χ2v) is 8.35. The first-order valence-corrected chi connectivity index (χ1v) is 9.51. The van der Waals surface area contributed by atoms with Crippen LogP contribution in [0.25, 0.3) is 0 Å². The van der Waals surface area contributed by atoms with Gasteiger partial charge >= 0.3 is 0 Å². The van der Waals surface area contributed by atoms with E-state index in [0.717, 1.165) is 12.1 Å². The molecule has 0 aliphatic rings. The van der Waals surface area contributed by atoms with Gasteiger partial charge in [0.2, 0.25) is 5.91 Å². The monoisotopic (exact) mass is 428 g/mol. The molecule has 0 saturated heterocycles. The lowest BCUT2D eigenvalue weighted by molar-refractivity contribution is -0.115. The van der Waals surface area contributed by atoms with Crippen LogP contribution in [0.4, 0.5) is 10.1 Å². The van der Waals surface area contributed by atoms with E-state index < -0.39 is 28.6 Å². The van der Waals surface area contributed by atoms with Crippen LogP contribution in [-0.2, 0) is 16.6 Å². The van der Waals surface area contributed by atoms with Crippen molar-refractivity contribution in [2.24, 2.45) is 0 Å². The quantitative estimate of drug-likeness (QED) is 0.535. The highest BCUT2D eigenvalue weighted by atomic mass is 19.1. The molecule has 0 aliphatic carbocycles. The van der Waals surface area contributed by atoms with Crippen LogP contribution < -0.4 is 10.6 Å². The molecule has 0 saturated carbocycles. The van der Waals surface area contributed by atoms with E-state index in [0.29, 0.717) is 0 Å². The molecule has 8 nitrogen and oxygen atoms in total. The Labute approximate surface area is 179 Å². The van der Waals surface area contributed by atoms with Crippen LogP contribution in [-0.4, -0.2) is 39.2 Å². The Kier molecular flexibility index (Phi) is 6.98. The van der Waals surface area contributed by atoms with Crippen molar-refractivity contribution < 1.29 is 24.2 Å². The fourth-order valence-corrected chi connectivity index (χ4v) is 2.75. The number of aliphatic hydroxyl groups excluding tert-OH is 1. The third-order valence-corrected chi connectivity index (χ3v) is 4.62. The topological polar surface area (TPSA) is 135 Å². The second kappa shape index (κ2) is 9.10. The van der Waals surface area contributed by atoms with Crippen LogP contribution in [0.1, 0.15) is 49.3 Å². The summed E-state index contributed by atoms with van der Waals surface area (Å²) in [4.78, 5) is 28.5. The zero-order valence-electron chi connectivity index (χ0n) is 17.8. The van der Waals surface area contributed by atoms with Gasteiger partial charge in [-0.3, -0.25) is 14.6 Å². The van der Waals surface area contributed by atoms with Crippen LogP contribution in [0, 0.1) is 17.1 Å². The number of carbonyl (C=O) groups excluding carboxylic acids is 2. The molecule has 0 spiro atoms. The van der Waals surface area contributed by atoms with E-state index in [-0.39, 0.29) is 41.3 Å². The van der Waals surface area contributed by atoms with Gasteiger partial charge in [-0.25, -0.2) is 4.39 Å². The molecule has 0 radical (unpaired) electrons. The third-order valence-electron chi connectivity index (χ3n) is 4.62. The number of phenolic OH excluding ortho intramolecular Hbond substituents is 1. The third kappa shape index (κ3) is 5.99. The van der Waals surface area contributed by atoms with E-state index in [1.807, 2.05) is 6.07 Å². The van der Waals surface area contributed by atoms with Crippen LogP contribution in [0.2, 0.25) is 0 Å². The molecule has 4 N–H and O–H groups in total. The Balaban J connectivity index is 2.14. The Morgan fingerprint density at radius 3 is 2.52 bits per heavy atom. The van der Waals surface area contributed by atoms with Gasteiger partial charge in [-0.05, 0) is 38.1 Å². The number of aliphatic hydroxyl groups is 1. The number of benzene rings is 1. The molecule has 31 heavy (non-hydrogen) atoms. The maximum atomic E-state index is 14.5. The van der Waals surface area contributed by atoms with E-state index in [1.165, 1.54) is 32.2 Å². The van der Waals surface area contributed by atoms with Crippen molar-refractivity contribution in [3.63, 3.8) is 0 Å². The van der Waals surface area contributed by atoms with Gasteiger partial charge in [0.1, 0.15) is 22.8 Å². The number of phenols is 1. The van der Waals surface area contributed by atoms with Gasteiger partial charge in [-0.15, -0.1) is 0 Å². The van der Waals surface area contributed by atoms with E-state index in [2.05, 4.69) is 15.6 Å². The smallest absolute Gasteiger partial charge is 0.271 e. The number of nitriles is 1. The summed E-state index contributed by atoms with van der Waals surface area (Å²) in [6.07, 6.45) is 0.965. The molecular formula is C22H25FN4O4. The fraction of sp³-hybridized carbons (Fsp3) is 0.364. The highest BCUT2D eigenvalue weighted by molar-refractivity contribution is 5.96. The number of rotatable bonds is 7. The molecular weight excluding hydrogens is 403 g/mol. The standard InChI is InChI=1S/C22H25FN4O4/c1-21(2,12-28)15-10-16(23)13(7-18(15)29)8-19(30)26-14-5-6-25-17(9-14)20(31)27-22(3,4)11-24/h5-7,9-10,28-29H,8,12H2,1-4H3,(H,27,31)(H,25,26,30). The molecule has 0 atom stereocenters. The van der Waals surface area contributed by atoms with Crippen molar-refractivity contribution in [2.45, 2.75) is 45.1 Å². The van der Waals surface area contributed by atoms with Crippen molar-refractivity contribution in [2.75, 3.05) is 11.9 Å². The lowest BCUT2D eigenvalue weighted by atomic mass is 9.84. The van der Waals surface area contributed by atoms with Gasteiger partial charge in [0.25, 0.3) is 5.91 Å². The Hall–Kier alpha value is -3.51. The molecule has 1 aromatic carbocycles. The van der Waals surface area contributed by atoms with Crippen molar-refractivity contribution in [1.29, 1.82) is 5.26 Å². The fourth-order valence-electron chi connectivity index (χ4n) is 2.75. The molecule has 164 valence electrons. The molecule has 1 aromatic heterocycles. The maximum absolute atomic E-state index is 14.5. The largest absolute Gasteiger partial charge is 0.508 e. The number of amides is 2. The van der Waals surface area contributed by atoms with Crippen LogP contribution in [0.5, 0.6) is 5.75 Å². The summed E-state index contributed by atoms with van der Waals surface area (Å²) < 4.78 is 14.5. The first-order chi connectivity index (χ1) is 14.4. The number of anilines is 1. The number of halogens is 1. The highest BCUT2D eigenvalue weighted by Crippen LogP contribution is 2.33. The minimum atomic E-state index is -1.09. The number of hydrogen-bond acceptors (Lipinski definition) is 6. The highest BCUT2D eigenvalue weighted by Gasteiger charge is 2.25. The number of carbonyl (C=O) groups is 2. The van der Waals surface area contributed by atoms with E-state index in [9.17, 15) is 24.2 Å². The number of pyridine rings is 1.